The summed E-state index contributed by atoms with van der Waals surface area (Å²) in [7, 11) is 0. The van der Waals surface area contributed by atoms with E-state index in [4.69, 9.17) is 13.6 Å². The molecule has 0 aliphatic carbocycles. The van der Waals surface area contributed by atoms with Gasteiger partial charge in [0.1, 0.15) is 5.52 Å². The first-order valence-corrected chi connectivity index (χ1v) is 11.3. The maximum atomic E-state index is 12.9. The second-order valence-corrected chi connectivity index (χ2v) is 8.18. The standard InChI is InChI=1S/C25H19N3O4S/c1-16(22-27-28-23(32-22)17-9-3-2-4-10-17)30-24(29)19-12-6-5-11-18(19)15-33-25-26-20-13-7-8-14-21(20)31-25/h2-14,16H,15H2,1H3. The van der Waals surface area contributed by atoms with E-state index in [0.29, 0.717) is 22.4 Å². The molecule has 0 saturated carbocycles. The minimum absolute atomic E-state index is 0.237. The third-order valence-corrected chi connectivity index (χ3v) is 5.83. The molecule has 0 amide bonds. The molecule has 0 bridgehead atoms. The van der Waals surface area contributed by atoms with Crippen LogP contribution in [0.2, 0.25) is 0 Å². The summed E-state index contributed by atoms with van der Waals surface area (Å²) in [5.74, 6) is 0.658. The summed E-state index contributed by atoms with van der Waals surface area (Å²) in [4.78, 5) is 17.4. The third kappa shape index (κ3) is 4.65. The van der Waals surface area contributed by atoms with Gasteiger partial charge in [0.05, 0.1) is 5.56 Å². The quantitative estimate of drug-likeness (QED) is 0.214. The Balaban J connectivity index is 1.27. The average Bonchev–Trinajstić information content (AvgIpc) is 3.51. The molecule has 0 saturated heterocycles. The van der Waals surface area contributed by atoms with E-state index in [9.17, 15) is 4.79 Å². The van der Waals surface area contributed by atoms with Crippen molar-refractivity contribution in [3.05, 3.63) is 95.9 Å². The van der Waals surface area contributed by atoms with Crippen LogP contribution in [-0.2, 0) is 10.5 Å². The molecule has 1 atom stereocenters. The summed E-state index contributed by atoms with van der Waals surface area (Å²) in [5, 5.41) is 8.65. The van der Waals surface area contributed by atoms with Gasteiger partial charge in [-0.2, -0.15) is 0 Å². The van der Waals surface area contributed by atoms with Crippen LogP contribution in [0.15, 0.2) is 92.9 Å². The molecule has 1 unspecified atom stereocenters. The number of carbonyl (C=O) groups excluding carboxylic acids is 1. The van der Waals surface area contributed by atoms with E-state index in [2.05, 4.69) is 15.2 Å². The summed E-state index contributed by atoms with van der Waals surface area (Å²) in [6.45, 7) is 1.70. The van der Waals surface area contributed by atoms with E-state index in [-0.39, 0.29) is 5.89 Å². The smallest absolute Gasteiger partial charge is 0.339 e. The molecule has 2 aromatic heterocycles. The minimum Gasteiger partial charge on any atom is -0.449 e. The van der Waals surface area contributed by atoms with Gasteiger partial charge in [-0.1, -0.05) is 60.3 Å². The number of carbonyl (C=O) groups is 1. The Kier molecular flexibility index (Phi) is 5.91. The van der Waals surface area contributed by atoms with Crippen LogP contribution in [0.1, 0.15) is 34.8 Å². The first-order valence-electron chi connectivity index (χ1n) is 10.3. The van der Waals surface area contributed by atoms with Crippen molar-refractivity contribution in [1.29, 1.82) is 0 Å². The molecule has 0 radical (unpaired) electrons. The fraction of sp³-hybridized carbons (Fsp3) is 0.120. The Morgan fingerprint density at radius 1 is 0.939 bits per heavy atom. The number of esters is 1. The van der Waals surface area contributed by atoms with Crippen LogP contribution < -0.4 is 0 Å². The molecule has 0 aliphatic rings. The van der Waals surface area contributed by atoms with Crippen LogP contribution in [0.25, 0.3) is 22.6 Å². The summed E-state index contributed by atoms with van der Waals surface area (Å²) in [6, 6.07) is 24.3. The molecule has 5 aromatic rings. The molecule has 3 aromatic carbocycles. The van der Waals surface area contributed by atoms with Gasteiger partial charge in [-0.3, -0.25) is 0 Å². The molecule has 0 N–H and O–H groups in total. The number of thioether (sulfide) groups is 1. The van der Waals surface area contributed by atoms with Gasteiger partial charge >= 0.3 is 5.97 Å². The van der Waals surface area contributed by atoms with E-state index in [1.807, 2.05) is 66.7 Å². The molecule has 0 fully saturated rings. The predicted octanol–water partition coefficient (Wildman–Crippen LogP) is 6.09. The van der Waals surface area contributed by atoms with E-state index in [1.54, 1.807) is 19.1 Å². The Hall–Kier alpha value is -3.91. The number of aromatic nitrogens is 3. The van der Waals surface area contributed by atoms with Crippen molar-refractivity contribution in [2.24, 2.45) is 0 Å². The maximum Gasteiger partial charge on any atom is 0.339 e. The van der Waals surface area contributed by atoms with Crippen molar-refractivity contribution in [1.82, 2.24) is 15.2 Å². The average molecular weight is 458 g/mol. The topological polar surface area (TPSA) is 91.2 Å². The number of ether oxygens (including phenoxy) is 1. The van der Waals surface area contributed by atoms with E-state index < -0.39 is 12.1 Å². The lowest BCUT2D eigenvalue weighted by atomic mass is 10.1. The molecular weight excluding hydrogens is 438 g/mol. The molecule has 8 heteroatoms. The lowest BCUT2D eigenvalue weighted by Gasteiger charge is -2.12. The number of para-hydroxylation sites is 2. The highest BCUT2D eigenvalue weighted by atomic mass is 32.2. The number of hydrogen-bond acceptors (Lipinski definition) is 8. The van der Waals surface area contributed by atoms with Gasteiger partial charge in [0.15, 0.2) is 11.7 Å². The number of nitrogens with zero attached hydrogens (tertiary/aromatic N) is 3. The van der Waals surface area contributed by atoms with Crippen molar-refractivity contribution in [3.8, 4) is 11.5 Å². The van der Waals surface area contributed by atoms with Crippen LogP contribution in [0.5, 0.6) is 0 Å². The lowest BCUT2D eigenvalue weighted by Crippen LogP contribution is -2.11. The Morgan fingerprint density at radius 3 is 2.55 bits per heavy atom. The summed E-state index contributed by atoms with van der Waals surface area (Å²) >= 11 is 1.42. The number of benzene rings is 3. The first kappa shape index (κ1) is 21.0. The van der Waals surface area contributed by atoms with Gasteiger partial charge in [0.25, 0.3) is 11.1 Å². The highest BCUT2D eigenvalue weighted by Gasteiger charge is 2.22. The zero-order valence-corrected chi connectivity index (χ0v) is 18.5. The van der Waals surface area contributed by atoms with Crippen molar-refractivity contribution < 1.29 is 18.4 Å². The van der Waals surface area contributed by atoms with E-state index in [1.165, 1.54) is 11.8 Å². The highest BCUT2D eigenvalue weighted by Crippen LogP contribution is 2.28. The first-order chi connectivity index (χ1) is 16.2. The number of fused-ring (bicyclic) bond motifs is 1. The summed E-state index contributed by atoms with van der Waals surface area (Å²) in [6.07, 6.45) is -0.694. The van der Waals surface area contributed by atoms with Gasteiger partial charge in [-0.15, -0.1) is 10.2 Å². The van der Waals surface area contributed by atoms with Gasteiger partial charge in [0.2, 0.25) is 5.89 Å². The Bertz CT molecular complexity index is 1360. The van der Waals surface area contributed by atoms with Crippen LogP contribution >= 0.6 is 11.8 Å². The lowest BCUT2D eigenvalue weighted by molar-refractivity contribution is 0.0279. The molecule has 0 spiro atoms. The Labute approximate surface area is 193 Å². The second-order valence-electron chi connectivity index (χ2n) is 7.25. The molecule has 5 rings (SSSR count). The molecular formula is C25H19N3O4S. The molecule has 33 heavy (non-hydrogen) atoms. The van der Waals surface area contributed by atoms with E-state index >= 15 is 0 Å². The Morgan fingerprint density at radius 2 is 1.70 bits per heavy atom. The van der Waals surface area contributed by atoms with Gasteiger partial charge in [-0.05, 0) is 42.8 Å². The molecule has 7 nitrogen and oxygen atoms in total. The SMILES string of the molecule is CC(OC(=O)c1ccccc1CSc1nc2ccccc2o1)c1nnc(-c2ccccc2)o1. The fourth-order valence-electron chi connectivity index (χ4n) is 3.27. The zero-order chi connectivity index (χ0) is 22.6. The van der Waals surface area contributed by atoms with Crippen LogP contribution in [0.3, 0.4) is 0 Å². The fourth-order valence-corrected chi connectivity index (χ4v) is 4.11. The summed E-state index contributed by atoms with van der Waals surface area (Å²) < 4.78 is 17.1. The van der Waals surface area contributed by atoms with Gasteiger partial charge in [0, 0.05) is 11.3 Å². The van der Waals surface area contributed by atoms with Gasteiger partial charge < -0.3 is 13.6 Å². The van der Waals surface area contributed by atoms with Crippen molar-refractivity contribution >= 4 is 28.8 Å². The monoisotopic (exact) mass is 457 g/mol. The predicted molar refractivity (Wildman–Crippen MR) is 124 cm³/mol. The van der Waals surface area contributed by atoms with Crippen molar-refractivity contribution in [2.75, 3.05) is 0 Å². The maximum absolute atomic E-state index is 12.9. The van der Waals surface area contributed by atoms with E-state index in [0.717, 1.165) is 22.2 Å². The molecule has 164 valence electrons. The molecule has 2 heterocycles. The number of hydrogen-bond donors (Lipinski definition) is 0. The van der Waals surface area contributed by atoms with Crippen LogP contribution in [-0.4, -0.2) is 21.2 Å². The highest BCUT2D eigenvalue weighted by molar-refractivity contribution is 7.98. The largest absolute Gasteiger partial charge is 0.449 e. The minimum atomic E-state index is -0.694. The second kappa shape index (κ2) is 9.30. The number of oxazole rings is 1. The normalized spacial score (nSPS) is 12.0. The van der Waals surface area contributed by atoms with Crippen molar-refractivity contribution in [3.63, 3.8) is 0 Å². The zero-order valence-electron chi connectivity index (χ0n) is 17.7. The summed E-state index contributed by atoms with van der Waals surface area (Å²) in [5.41, 5.74) is 3.62. The molecule has 0 aliphatic heterocycles. The van der Waals surface area contributed by atoms with Gasteiger partial charge in [-0.25, -0.2) is 9.78 Å². The van der Waals surface area contributed by atoms with Crippen LogP contribution in [0.4, 0.5) is 0 Å². The third-order valence-electron chi connectivity index (χ3n) is 4.96. The van der Waals surface area contributed by atoms with Crippen molar-refractivity contribution in [2.45, 2.75) is 24.0 Å². The van der Waals surface area contributed by atoms with Crippen LogP contribution in [0, 0.1) is 0 Å². The number of rotatable bonds is 7.